The molecule has 0 radical (unpaired) electrons. The van der Waals surface area contributed by atoms with Crippen molar-refractivity contribution in [2.24, 2.45) is 5.92 Å². The van der Waals surface area contributed by atoms with Crippen molar-refractivity contribution in [1.29, 1.82) is 0 Å². The molecule has 2 rings (SSSR count). The number of alkyl halides is 4. The van der Waals surface area contributed by atoms with Gasteiger partial charge in [0.1, 0.15) is 6.67 Å². The zero-order valence-corrected chi connectivity index (χ0v) is 17.2. The molecule has 9 heteroatoms. The zero-order chi connectivity index (χ0) is 22.3. The van der Waals surface area contributed by atoms with Crippen molar-refractivity contribution in [1.82, 2.24) is 16.0 Å². The van der Waals surface area contributed by atoms with Crippen molar-refractivity contribution in [3.05, 3.63) is 34.9 Å². The van der Waals surface area contributed by atoms with Crippen LogP contribution in [0.5, 0.6) is 0 Å². The number of rotatable bonds is 8. The topological polar surface area (TPSA) is 70.2 Å². The van der Waals surface area contributed by atoms with Crippen LogP contribution in [-0.4, -0.2) is 37.0 Å². The Balaban J connectivity index is 1.80. The summed E-state index contributed by atoms with van der Waals surface area (Å²) in [6.45, 7) is 3.33. The summed E-state index contributed by atoms with van der Waals surface area (Å²) >= 11 is 0. The molecule has 3 N–H and O–H groups in total. The van der Waals surface area contributed by atoms with E-state index >= 15 is 0 Å². The van der Waals surface area contributed by atoms with Gasteiger partial charge >= 0.3 is 6.18 Å². The van der Waals surface area contributed by atoms with Gasteiger partial charge in [-0.2, -0.15) is 13.2 Å². The van der Waals surface area contributed by atoms with Crippen LogP contribution in [0.4, 0.5) is 17.6 Å². The molecule has 1 aliphatic rings. The van der Waals surface area contributed by atoms with E-state index < -0.39 is 24.3 Å². The van der Waals surface area contributed by atoms with Gasteiger partial charge in [-0.3, -0.25) is 9.59 Å². The van der Waals surface area contributed by atoms with E-state index in [0.29, 0.717) is 12.6 Å². The van der Waals surface area contributed by atoms with Crippen molar-refractivity contribution < 1.29 is 27.2 Å². The van der Waals surface area contributed by atoms with Gasteiger partial charge in [-0.05, 0) is 69.2 Å². The van der Waals surface area contributed by atoms with Crippen molar-refractivity contribution >= 4 is 11.8 Å². The fourth-order valence-corrected chi connectivity index (χ4v) is 3.58. The van der Waals surface area contributed by atoms with Crippen molar-refractivity contribution in [2.45, 2.75) is 64.5 Å². The third kappa shape index (κ3) is 7.59. The number of hydrogen-bond acceptors (Lipinski definition) is 3. The molecule has 5 nitrogen and oxygen atoms in total. The molecule has 0 atom stereocenters. The first-order chi connectivity index (χ1) is 14.1. The van der Waals surface area contributed by atoms with Crippen LogP contribution in [0.25, 0.3) is 0 Å². The summed E-state index contributed by atoms with van der Waals surface area (Å²) in [7, 11) is 0. The molecule has 0 aliphatic heterocycles. The Morgan fingerprint density at radius 2 is 1.77 bits per heavy atom. The maximum atomic E-state index is 13.0. The van der Waals surface area contributed by atoms with Gasteiger partial charge in [0.25, 0.3) is 5.91 Å². The molecule has 1 aromatic carbocycles. The highest BCUT2D eigenvalue weighted by atomic mass is 19.4. The second-order valence-corrected chi connectivity index (χ2v) is 8.08. The Hall–Kier alpha value is -2.16. The Morgan fingerprint density at radius 1 is 1.10 bits per heavy atom. The van der Waals surface area contributed by atoms with Crippen LogP contribution in [0.2, 0.25) is 0 Å². The highest BCUT2D eigenvalue weighted by molar-refractivity contribution is 5.94. The second kappa shape index (κ2) is 10.7. The van der Waals surface area contributed by atoms with E-state index in [-0.39, 0.29) is 41.6 Å². The second-order valence-electron chi connectivity index (χ2n) is 8.08. The van der Waals surface area contributed by atoms with Crippen LogP contribution in [-0.2, 0) is 17.6 Å². The minimum absolute atomic E-state index is 0.0480. The largest absolute Gasteiger partial charge is 0.416 e. The van der Waals surface area contributed by atoms with Crippen LogP contribution in [0, 0.1) is 5.92 Å². The molecule has 1 aromatic rings. The Bertz CT molecular complexity index is 729. The summed E-state index contributed by atoms with van der Waals surface area (Å²) in [6.07, 6.45) is -1.27. The zero-order valence-electron chi connectivity index (χ0n) is 17.2. The third-order valence-corrected chi connectivity index (χ3v) is 5.14. The summed E-state index contributed by atoms with van der Waals surface area (Å²) in [5, 5.41) is 8.72. The highest BCUT2D eigenvalue weighted by Crippen LogP contribution is 2.31. The van der Waals surface area contributed by atoms with E-state index in [1.807, 2.05) is 13.8 Å². The molecule has 0 saturated heterocycles. The van der Waals surface area contributed by atoms with Gasteiger partial charge in [0.05, 0.1) is 12.1 Å². The van der Waals surface area contributed by atoms with Gasteiger partial charge in [-0.15, -0.1) is 0 Å². The smallest absolute Gasteiger partial charge is 0.353 e. The van der Waals surface area contributed by atoms with Gasteiger partial charge in [0.2, 0.25) is 5.91 Å². The number of halogens is 4. The Morgan fingerprint density at radius 3 is 2.33 bits per heavy atom. The summed E-state index contributed by atoms with van der Waals surface area (Å²) in [5.74, 6) is -0.475. The molecule has 0 bridgehead atoms. The summed E-state index contributed by atoms with van der Waals surface area (Å²) in [6, 6.07) is 2.93. The quantitative estimate of drug-likeness (QED) is 0.551. The van der Waals surface area contributed by atoms with E-state index in [2.05, 4.69) is 16.0 Å². The van der Waals surface area contributed by atoms with Crippen molar-refractivity contribution in [2.75, 3.05) is 13.1 Å². The minimum atomic E-state index is -4.64. The molecule has 0 spiro atoms. The van der Waals surface area contributed by atoms with Crippen LogP contribution in [0.15, 0.2) is 18.2 Å². The van der Waals surface area contributed by atoms with Gasteiger partial charge in [0.15, 0.2) is 0 Å². The molecule has 0 aromatic heterocycles. The standard InChI is InChI=1S/C21H29F4N3O2/c1-13(2)28-19(29)12-26-18-5-3-14(4-6-18)11-27-20(30)16-7-15(10-22)8-17(9-16)21(23,24)25/h7-9,13-14,18,26H,3-6,10-12H2,1-2H3,(H,27,30)(H,28,29)/t14-,18+. The fraction of sp³-hybridized carbons (Fsp3) is 0.619. The molecule has 168 valence electrons. The Labute approximate surface area is 174 Å². The fourth-order valence-electron chi connectivity index (χ4n) is 3.58. The molecule has 1 fully saturated rings. The average molecular weight is 431 g/mol. The highest BCUT2D eigenvalue weighted by Gasteiger charge is 2.32. The number of amides is 2. The third-order valence-electron chi connectivity index (χ3n) is 5.14. The van der Waals surface area contributed by atoms with E-state index in [9.17, 15) is 27.2 Å². The van der Waals surface area contributed by atoms with E-state index in [1.54, 1.807) is 0 Å². The molecule has 0 heterocycles. The normalized spacial score (nSPS) is 19.6. The van der Waals surface area contributed by atoms with Gasteiger partial charge in [0, 0.05) is 24.2 Å². The first kappa shape index (κ1) is 24.1. The predicted molar refractivity (Wildman–Crippen MR) is 106 cm³/mol. The monoisotopic (exact) mass is 431 g/mol. The summed E-state index contributed by atoms with van der Waals surface area (Å²) < 4.78 is 51.7. The lowest BCUT2D eigenvalue weighted by molar-refractivity contribution is -0.137. The van der Waals surface area contributed by atoms with Crippen LogP contribution >= 0.6 is 0 Å². The molecular weight excluding hydrogens is 402 g/mol. The average Bonchev–Trinajstić information content (AvgIpc) is 2.69. The first-order valence-corrected chi connectivity index (χ1v) is 10.2. The molecule has 1 aliphatic carbocycles. The van der Waals surface area contributed by atoms with E-state index in [4.69, 9.17) is 0 Å². The van der Waals surface area contributed by atoms with Crippen LogP contribution in [0.3, 0.4) is 0 Å². The predicted octanol–water partition coefficient (Wildman–Crippen LogP) is 3.58. The lowest BCUT2D eigenvalue weighted by Crippen LogP contribution is -2.43. The molecular formula is C21H29F4N3O2. The Kier molecular flexibility index (Phi) is 8.64. The molecule has 0 unspecified atom stereocenters. The maximum absolute atomic E-state index is 13.0. The SMILES string of the molecule is CC(C)NC(=O)CN[C@H]1CC[C@@H](CNC(=O)c2cc(CF)cc(C(F)(F)F)c2)CC1. The minimum Gasteiger partial charge on any atom is -0.353 e. The number of benzene rings is 1. The molecule has 1 saturated carbocycles. The van der Waals surface area contributed by atoms with Crippen molar-refractivity contribution in [3.8, 4) is 0 Å². The number of carbonyl (C=O) groups excluding carboxylic acids is 2. The summed E-state index contributed by atoms with van der Waals surface area (Å²) in [5.41, 5.74) is -1.40. The van der Waals surface area contributed by atoms with Gasteiger partial charge < -0.3 is 16.0 Å². The molecule has 30 heavy (non-hydrogen) atoms. The number of carbonyl (C=O) groups is 2. The van der Waals surface area contributed by atoms with E-state index in [1.165, 1.54) is 0 Å². The van der Waals surface area contributed by atoms with Gasteiger partial charge in [-0.1, -0.05) is 0 Å². The number of nitrogens with one attached hydrogen (secondary N) is 3. The lowest BCUT2D eigenvalue weighted by atomic mass is 9.86. The summed E-state index contributed by atoms with van der Waals surface area (Å²) in [4.78, 5) is 24.0. The number of hydrogen-bond donors (Lipinski definition) is 3. The molecule has 2 amide bonds. The van der Waals surface area contributed by atoms with Crippen molar-refractivity contribution in [3.63, 3.8) is 0 Å². The maximum Gasteiger partial charge on any atom is 0.416 e. The van der Waals surface area contributed by atoms with Gasteiger partial charge in [-0.25, -0.2) is 4.39 Å². The lowest BCUT2D eigenvalue weighted by Gasteiger charge is -2.29. The van der Waals surface area contributed by atoms with Crippen LogP contribution in [0.1, 0.15) is 61.0 Å². The van der Waals surface area contributed by atoms with Crippen LogP contribution < -0.4 is 16.0 Å². The first-order valence-electron chi connectivity index (χ1n) is 10.2. The van der Waals surface area contributed by atoms with E-state index in [0.717, 1.165) is 37.8 Å².